The first-order chi connectivity index (χ1) is 21.0. The molecule has 2 unspecified atom stereocenters. The molecule has 0 radical (unpaired) electrons. The first kappa shape index (κ1) is 31.7. The minimum Gasteiger partial charge on any atom is -0.462 e. The second kappa shape index (κ2) is 12.5. The zero-order chi connectivity index (χ0) is 31.2. The van der Waals surface area contributed by atoms with Crippen molar-refractivity contribution >= 4 is 23.6 Å². The number of hydrogen-bond acceptors (Lipinski definition) is 7. The van der Waals surface area contributed by atoms with Crippen molar-refractivity contribution in [2.24, 2.45) is 39.7 Å². The molecule has 0 aromatic heterocycles. The van der Waals surface area contributed by atoms with Crippen LogP contribution in [-0.2, 0) is 19.2 Å². The first-order valence-electron chi connectivity index (χ1n) is 17.7. The second-order valence-electron chi connectivity index (χ2n) is 15.8. The van der Waals surface area contributed by atoms with Crippen LogP contribution in [0.5, 0.6) is 0 Å². The van der Waals surface area contributed by atoms with E-state index in [9.17, 15) is 14.4 Å². The standard InChI is InChI=1S/C36H55N3O5/c1-22(2)43-33(41)32-15-11-25(37-32)21-39(26-8-6-7-9-26)34(42)44-38-23(3)29-13-14-30-28-12-10-24-20-27(40)16-18-35(24,4)31(28)17-19-36(29,30)5/h20,22,25-26,28-32,37H,6-19,21H2,1-5H3/b38-23+/t25?,28-,29+,30-,31-,32?,35-,36+/m0/s1. The smallest absolute Gasteiger partial charge is 0.436 e. The normalized spacial score (nSPS) is 39.0. The van der Waals surface area contributed by atoms with Gasteiger partial charge in [0, 0.05) is 31.0 Å². The lowest BCUT2D eigenvalue weighted by molar-refractivity contribution is -0.149. The molecule has 8 nitrogen and oxygen atoms in total. The molecule has 5 fully saturated rings. The summed E-state index contributed by atoms with van der Waals surface area (Å²) in [4.78, 5) is 45.9. The zero-order valence-corrected chi connectivity index (χ0v) is 27.7. The van der Waals surface area contributed by atoms with E-state index in [1.54, 1.807) is 0 Å². The summed E-state index contributed by atoms with van der Waals surface area (Å²) in [7, 11) is 0. The molecule has 1 saturated heterocycles. The first-order valence-corrected chi connectivity index (χ1v) is 17.7. The van der Waals surface area contributed by atoms with Gasteiger partial charge in [0.1, 0.15) is 6.04 Å². The highest BCUT2D eigenvalue weighted by Gasteiger charge is 2.59. The molecular weight excluding hydrogens is 554 g/mol. The van der Waals surface area contributed by atoms with Crippen molar-refractivity contribution in [1.82, 2.24) is 10.2 Å². The predicted octanol–water partition coefficient (Wildman–Crippen LogP) is 6.96. The van der Waals surface area contributed by atoms with Crippen LogP contribution in [0.25, 0.3) is 0 Å². The Hall–Kier alpha value is -2.22. The van der Waals surface area contributed by atoms with Crippen molar-refractivity contribution in [3.63, 3.8) is 0 Å². The molecule has 4 saturated carbocycles. The Morgan fingerprint density at radius 2 is 1.77 bits per heavy atom. The molecule has 6 rings (SSSR count). The summed E-state index contributed by atoms with van der Waals surface area (Å²) in [5.41, 5.74) is 2.72. The number of nitrogens with one attached hydrogen (secondary N) is 1. The SMILES string of the molecule is C/C(=N\OC(=O)N(CC1CCC(C(=O)OC(C)C)N1)C1CCCC1)[C@H]1CC[C@H]2[C@@H]3CCC4=CC(=O)CC[C@]4(C)[C@H]3CC[C@]12C. The fourth-order valence-electron chi connectivity index (χ4n) is 10.8. The molecule has 0 spiro atoms. The molecule has 8 heteroatoms. The maximum absolute atomic E-state index is 13.6. The van der Waals surface area contributed by atoms with Crippen molar-refractivity contribution in [3.8, 4) is 0 Å². The van der Waals surface area contributed by atoms with Gasteiger partial charge in [-0.25, -0.2) is 4.79 Å². The van der Waals surface area contributed by atoms with Gasteiger partial charge in [0.2, 0.25) is 0 Å². The summed E-state index contributed by atoms with van der Waals surface area (Å²) in [6, 6.07) is -0.116. The molecule has 0 aromatic rings. The molecule has 6 aliphatic rings. The van der Waals surface area contributed by atoms with Gasteiger partial charge >= 0.3 is 12.1 Å². The number of fused-ring (bicyclic) bond motifs is 5. The van der Waals surface area contributed by atoms with Gasteiger partial charge < -0.3 is 9.64 Å². The lowest BCUT2D eigenvalue weighted by Crippen LogP contribution is -2.51. The van der Waals surface area contributed by atoms with E-state index >= 15 is 0 Å². The van der Waals surface area contributed by atoms with E-state index in [1.807, 2.05) is 24.8 Å². The third-order valence-electron chi connectivity index (χ3n) is 13.0. The number of hydrogen-bond donors (Lipinski definition) is 1. The van der Waals surface area contributed by atoms with Gasteiger partial charge in [0.25, 0.3) is 0 Å². The highest BCUT2D eigenvalue weighted by atomic mass is 16.7. The number of allylic oxidation sites excluding steroid dienone is 1. The molecule has 244 valence electrons. The maximum Gasteiger partial charge on any atom is 0.436 e. The Bertz CT molecular complexity index is 1190. The average molecular weight is 610 g/mol. The van der Waals surface area contributed by atoms with E-state index in [4.69, 9.17) is 9.57 Å². The second-order valence-corrected chi connectivity index (χ2v) is 15.8. The largest absolute Gasteiger partial charge is 0.462 e. The molecule has 1 aliphatic heterocycles. The molecule has 1 amide bonds. The minimum absolute atomic E-state index is 0.0395. The van der Waals surface area contributed by atoms with Gasteiger partial charge in [-0.1, -0.05) is 37.4 Å². The van der Waals surface area contributed by atoms with E-state index in [0.717, 1.165) is 63.5 Å². The summed E-state index contributed by atoms with van der Waals surface area (Å²) in [6.45, 7) is 11.2. The topological polar surface area (TPSA) is 97.3 Å². The van der Waals surface area contributed by atoms with Crippen LogP contribution in [0.15, 0.2) is 16.8 Å². The van der Waals surface area contributed by atoms with Crippen LogP contribution in [0, 0.1) is 34.5 Å². The molecule has 8 atom stereocenters. The molecule has 1 N–H and O–H groups in total. The van der Waals surface area contributed by atoms with Crippen LogP contribution < -0.4 is 5.32 Å². The molecule has 1 heterocycles. The number of ketones is 1. The number of carbonyl (C=O) groups is 3. The van der Waals surface area contributed by atoms with Crippen molar-refractivity contribution in [3.05, 3.63) is 11.6 Å². The number of carbonyl (C=O) groups excluding carboxylic acids is 3. The van der Waals surface area contributed by atoms with Crippen LogP contribution in [0.1, 0.15) is 125 Å². The number of amides is 1. The van der Waals surface area contributed by atoms with Crippen molar-refractivity contribution in [1.29, 1.82) is 0 Å². The van der Waals surface area contributed by atoms with Gasteiger partial charge in [-0.2, -0.15) is 0 Å². The summed E-state index contributed by atoms with van der Waals surface area (Å²) in [6.07, 6.45) is 15.9. The van der Waals surface area contributed by atoms with Crippen LogP contribution in [0.4, 0.5) is 4.79 Å². The van der Waals surface area contributed by atoms with Crippen molar-refractivity contribution in [2.75, 3.05) is 6.54 Å². The average Bonchev–Trinajstić information content (AvgIpc) is 3.74. The monoisotopic (exact) mass is 609 g/mol. The van der Waals surface area contributed by atoms with Crippen LogP contribution in [0.2, 0.25) is 0 Å². The number of rotatable bonds is 7. The lowest BCUT2D eigenvalue weighted by atomic mass is 9.46. The van der Waals surface area contributed by atoms with Crippen molar-refractivity contribution < 1.29 is 24.0 Å². The van der Waals surface area contributed by atoms with E-state index in [1.165, 1.54) is 31.3 Å². The highest BCUT2D eigenvalue weighted by molar-refractivity contribution is 5.91. The maximum atomic E-state index is 13.6. The van der Waals surface area contributed by atoms with E-state index in [-0.39, 0.29) is 47.1 Å². The van der Waals surface area contributed by atoms with Gasteiger partial charge in [0.05, 0.1) is 11.8 Å². The number of oxime groups is 1. The van der Waals surface area contributed by atoms with Gasteiger partial charge in [-0.05, 0) is 126 Å². The van der Waals surface area contributed by atoms with Crippen LogP contribution in [-0.4, -0.2) is 59.2 Å². The van der Waals surface area contributed by atoms with Gasteiger partial charge in [0.15, 0.2) is 5.78 Å². The number of ether oxygens (including phenoxy) is 1. The molecular formula is C36H55N3O5. The lowest BCUT2D eigenvalue weighted by Gasteiger charge is -2.58. The fraction of sp³-hybridized carbons (Fsp3) is 0.833. The Labute approximate surface area is 264 Å². The quantitative estimate of drug-likeness (QED) is 0.145. The van der Waals surface area contributed by atoms with Gasteiger partial charge in [-0.15, -0.1) is 0 Å². The van der Waals surface area contributed by atoms with Crippen LogP contribution in [0.3, 0.4) is 0 Å². The summed E-state index contributed by atoms with van der Waals surface area (Å²) >= 11 is 0. The Kier molecular flexibility index (Phi) is 9.04. The number of nitrogens with zero attached hydrogens (tertiary/aromatic N) is 2. The third-order valence-corrected chi connectivity index (χ3v) is 13.0. The molecule has 44 heavy (non-hydrogen) atoms. The van der Waals surface area contributed by atoms with E-state index in [2.05, 4.69) is 31.2 Å². The Morgan fingerprint density at radius 3 is 2.52 bits per heavy atom. The molecule has 5 aliphatic carbocycles. The van der Waals surface area contributed by atoms with Crippen molar-refractivity contribution in [2.45, 2.75) is 149 Å². The van der Waals surface area contributed by atoms with E-state index in [0.29, 0.717) is 42.4 Å². The summed E-state index contributed by atoms with van der Waals surface area (Å²) < 4.78 is 5.42. The summed E-state index contributed by atoms with van der Waals surface area (Å²) in [5.74, 6) is 2.45. The van der Waals surface area contributed by atoms with E-state index < -0.39 is 0 Å². The highest BCUT2D eigenvalue weighted by Crippen LogP contribution is 2.66. The summed E-state index contributed by atoms with van der Waals surface area (Å²) in [5, 5.41) is 7.98. The Balaban J connectivity index is 1.10. The Morgan fingerprint density at radius 1 is 1.00 bits per heavy atom. The van der Waals surface area contributed by atoms with Gasteiger partial charge in [-0.3, -0.25) is 19.7 Å². The predicted molar refractivity (Wildman–Crippen MR) is 170 cm³/mol. The fourth-order valence-corrected chi connectivity index (χ4v) is 10.8. The van der Waals surface area contributed by atoms with Crippen LogP contribution >= 0.6 is 0 Å². The molecule has 0 bridgehead atoms. The third kappa shape index (κ3) is 5.89. The number of esters is 1. The zero-order valence-electron chi connectivity index (χ0n) is 27.7. The minimum atomic E-state index is -0.360. The molecule has 0 aromatic carbocycles.